The minimum atomic E-state index is -4.04. The maximum Gasteiger partial charge on any atom is 0.391 e. The minimum absolute atomic E-state index is 0.195. The second-order valence-corrected chi connectivity index (χ2v) is 6.93. The molecule has 0 radical (unpaired) electrons. The molecule has 2 rings (SSSR count). The van der Waals surface area contributed by atoms with Crippen molar-refractivity contribution in [2.45, 2.75) is 56.3 Å². The fraction of sp³-hybridized carbons (Fsp3) is 1.00. The Kier molecular flexibility index (Phi) is 5.21. The van der Waals surface area contributed by atoms with Gasteiger partial charge in [-0.15, -0.1) is 0 Å². The van der Waals surface area contributed by atoms with E-state index in [0.717, 1.165) is 25.9 Å². The van der Waals surface area contributed by atoms with E-state index in [0.29, 0.717) is 25.4 Å². The molecule has 0 spiro atoms. The molecule has 1 heterocycles. The number of halogens is 3. The smallest absolute Gasteiger partial charge is 0.329 e. The summed E-state index contributed by atoms with van der Waals surface area (Å²) in [5.74, 6) is -1.13. The van der Waals surface area contributed by atoms with Gasteiger partial charge in [0, 0.05) is 31.2 Å². The highest BCUT2D eigenvalue weighted by atomic mass is 19.4. The van der Waals surface area contributed by atoms with Gasteiger partial charge >= 0.3 is 6.18 Å². The van der Waals surface area contributed by atoms with E-state index in [-0.39, 0.29) is 18.4 Å². The highest BCUT2D eigenvalue weighted by Crippen LogP contribution is 2.43. The molecule has 0 unspecified atom stereocenters. The van der Waals surface area contributed by atoms with E-state index in [1.165, 1.54) is 0 Å². The maximum absolute atomic E-state index is 12.8. The Balaban J connectivity index is 1.95. The number of likely N-dealkylation sites (tertiary alicyclic amines) is 1. The predicted octanol–water partition coefficient (Wildman–Crippen LogP) is 2.46. The van der Waals surface area contributed by atoms with Gasteiger partial charge < -0.3 is 10.6 Å². The summed E-state index contributed by atoms with van der Waals surface area (Å²) in [5.41, 5.74) is 5.79. The van der Waals surface area contributed by atoms with Gasteiger partial charge in [0.1, 0.15) is 0 Å². The first-order valence-electron chi connectivity index (χ1n) is 7.97. The van der Waals surface area contributed by atoms with E-state index in [4.69, 9.17) is 5.73 Å². The lowest BCUT2D eigenvalue weighted by Gasteiger charge is -2.50. The van der Waals surface area contributed by atoms with E-state index >= 15 is 0 Å². The predicted molar refractivity (Wildman–Crippen MR) is 78.1 cm³/mol. The first kappa shape index (κ1) is 17.0. The van der Waals surface area contributed by atoms with Crippen molar-refractivity contribution in [1.29, 1.82) is 0 Å². The van der Waals surface area contributed by atoms with Crippen LogP contribution in [0.25, 0.3) is 0 Å². The largest absolute Gasteiger partial charge is 0.391 e. The summed E-state index contributed by atoms with van der Waals surface area (Å²) in [6.07, 6.45) is -0.253. The summed E-state index contributed by atoms with van der Waals surface area (Å²) in [5, 5.41) is 0. The zero-order valence-corrected chi connectivity index (χ0v) is 13.1. The number of nitrogens with zero attached hydrogens (tertiary/aromatic N) is 2. The maximum atomic E-state index is 12.8. The van der Waals surface area contributed by atoms with Gasteiger partial charge in [-0.1, -0.05) is 0 Å². The number of alkyl halides is 3. The molecule has 6 heteroatoms. The first-order chi connectivity index (χ1) is 9.78. The second-order valence-electron chi connectivity index (χ2n) is 6.93. The monoisotopic (exact) mass is 307 g/mol. The van der Waals surface area contributed by atoms with Crippen LogP contribution in [0, 0.1) is 5.92 Å². The van der Waals surface area contributed by atoms with Crippen molar-refractivity contribution in [2.24, 2.45) is 11.7 Å². The van der Waals surface area contributed by atoms with Crippen LogP contribution in [0.5, 0.6) is 0 Å². The van der Waals surface area contributed by atoms with Gasteiger partial charge in [0.05, 0.1) is 5.92 Å². The molecule has 1 saturated carbocycles. The molecule has 2 aliphatic rings. The van der Waals surface area contributed by atoms with Gasteiger partial charge in [-0.3, -0.25) is 4.90 Å². The van der Waals surface area contributed by atoms with Crippen molar-refractivity contribution in [3.63, 3.8) is 0 Å². The fourth-order valence-corrected chi connectivity index (χ4v) is 3.99. The molecule has 0 aromatic carbocycles. The van der Waals surface area contributed by atoms with Crippen LogP contribution in [-0.2, 0) is 0 Å². The van der Waals surface area contributed by atoms with Crippen molar-refractivity contribution < 1.29 is 13.2 Å². The first-order valence-corrected chi connectivity index (χ1v) is 7.97. The van der Waals surface area contributed by atoms with Crippen LogP contribution >= 0.6 is 0 Å². The number of piperidine rings is 1. The van der Waals surface area contributed by atoms with Crippen molar-refractivity contribution in [2.75, 3.05) is 33.7 Å². The average Bonchev–Trinajstić information content (AvgIpc) is 2.46. The quantitative estimate of drug-likeness (QED) is 0.869. The number of nitrogens with two attached hydrogens (primary N) is 1. The molecule has 0 atom stereocenters. The number of hydrogen-bond acceptors (Lipinski definition) is 3. The lowest BCUT2D eigenvalue weighted by Crippen LogP contribution is -2.59. The zero-order chi connectivity index (χ0) is 15.7. The van der Waals surface area contributed by atoms with Gasteiger partial charge in [-0.2, -0.15) is 13.2 Å². The SMILES string of the molecule is CN(C)C1CCN(C2(CN)CCC(C(F)(F)F)CC2)CC1. The highest BCUT2D eigenvalue weighted by molar-refractivity contribution is 4.98. The molecular formula is C15H28F3N3. The summed E-state index contributed by atoms with van der Waals surface area (Å²) in [4.78, 5) is 4.62. The Morgan fingerprint density at radius 2 is 1.62 bits per heavy atom. The molecule has 2 N–H and O–H groups in total. The summed E-state index contributed by atoms with van der Waals surface area (Å²) >= 11 is 0. The third-order valence-electron chi connectivity index (χ3n) is 5.62. The second kappa shape index (κ2) is 6.42. The molecule has 0 aromatic heterocycles. The van der Waals surface area contributed by atoms with Crippen molar-refractivity contribution in [3.05, 3.63) is 0 Å². The summed E-state index contributed by atoms with van der Waals surface area (Å²) < 4.78 is 38.5. The minimum Gasteiger partial charge on any atom is -0.329 e. The number of rotatable bonds is 3. The highest BCUT2D eigenvalue weighted by Gasteiger charge is 2.47. The topological polar surface area (TPSA) is 32.5 Å². The van der Waals surface area contributed by atoms with Crippen molar-refractivity contribution in [1.82, 2.24) is 9.80 Å². The number of hydrogen-bond donors (Lipinski definition) is 1. The van der Waals surface area contributed by atoms with E-state index < -0.39 is 12.1 Å². The molecule has 1 saturated heterocycles. The van der Waals surface area contributed by atoms with E-state index in [9.17, 15) is 13.2 Å². The van der Waals surface area contributed by atoms with Crippen LogP contribution in [0.4, 0.5) is 13.2 Å². The normalized spacial score (nSPS) is 33.6. The standard InChI is InChI=1S/C15H28F3N3/c1-20(2)13-5-9-21(10-6-13)14(11-19)7-3-12(4-8-14)15(16,17)18/h12-13H,3-11,19H2,1-2H3. The fourth-order valence-electron chi connectivity index (χ4n) is 3.99. The Hall–Kier alpha value is -0.330. The summed E-state index contributed by atoms with van der Waals surface area (Å²) in [6, 6.07) is 0.586. The third kappa shape index (κ3) is 3.71. The van der Waals surface area contributed by atoms with E-state index in [2.05, 4.69) is 23.9 Å². The van der Waals surface area contributed by atoms with Crippen LogP contribution < -0.4 is 5.73 Å². The van der Waals surface area contributed by atoms with Crippen LogP contribution in [0.3, 0.4) is 0 Å². The Morgan fingerprint density at radius 1 is 1.10 bits per heavy atom. The molecule has 3 nitrogen and oxygen atoms in total. The summed E-state index contributed by atoms with van der Waals surface area (Å²) in [6.45, 7) is 2.39. The average molecular weight is 307 g/mol. The van der Waals surface area contributed by atoms with Gasteiger partial charge in [-0.25, -0.2) is 0 Å². The molecule has 0 aromatic rings. The van der Waals surface area contributed by atoms with Crippen LogP contribution in [0.2, 0.25) is 0 Å². The van der Waals surface area contributed by atoms with Gasteiger partial charge in [0.2, 0.25) is 0 Å². The molecular weight excluding hydrogens is 279 g/mol. The van der Waals surface area contributed by atoms with Gasteiger partial charge in [-0.05, 0) is 52.6 Å². The molecule has 0 bridgehead atoms. The third-order valence-corrected chi connectivity index (χ3v) is 5.62. The van der Waals surface area contributed by atoms with Crippen LogP contribution in [0.1, 0.15) is 38.5 Å². The van der Waals surface area contributed by atoms with Crippen molar-refractivity contribution >= 4 is 0 Å². The molecule has 124 valence electrons. The van der Waals surface area contributed by atoms with Crippen molar-refractivity contribution in [3.8, 4) is 0 Å². The van der Waals surface area contributed by atoms with Gasteiger partial charge in [0.15, 0.2) is 0 Å². The zero-order valence-electron chi connectivity index (χ0n) is 13.1. The Morgan fingerprint density at radius 3 is 2.00 bits per heavy atom. The summed E-state index contributed by atoms with van der Waals surface area (Å²) in [7, 11) is 4.18. The van der Waals surface area contributed by atoms with E-state index in [1.807, 2.05) is 0 Å². The Bertz CT molecular complexity index is 328. The molecule has 0 amide bonds. The molecule has 1 aliphatic heterocycles. The van der Waals surface area contributed by atoms with Gasteiger partial charge in [0.25, 0.3) is 0 Å². The van der Waals surface area contributed by atoms with Crippen LogP contribution in [0.15, 0.2) is 0 Å². The lowest BCUT2D eigenvalue weighted by atomic mass is 9.74. The van der Waals surface area contributed by atoms with E-state index in [1.54, 1.807) is 0 Å². The Labute approximate surface area is 125 Å². The molecule has 2 fully saturated rings. The van der Waals surface area contributed by atoms with Crippen LogP contribution in [-0.4, -0.2) is 61.3 Å². The lowest BCUT2D eigenvalue weighted by molar-refractivity contribution is -0.188. The molecule has 1 aliphatic carbocycles. The molecule has 21 heavy (non-hydrogen) atoms.